The second-order valence-corrected chi connectivity index (χ2v) is 4.03. The van der Waals surface area contributed by atoms with Crippen LogP contribution >= 0.6 is 0 Å². The van der Waals surface area contributed by atoms with Crippen molar-refractivity contribution < 1.29 is 4.39 Å². The molecule has 0 bridgehead atoms. The third-order valence-corrected chi connectivity index (χ3v) is 2.64. The Labute approximate surface area is 97.5 Å². The fraction of sp³-hybridized carbons (Fsp3) is 0.615. The summed E-state index contributed by atoms with van der Waals surface area (Å²) in [4.78, 5) is 5.84. The molecule has 0 spiro atoms. The van der Waals surface area contributed by atoms with Crippen LogP contribution in [0, 0.1) is 5.95 Å². The molecule has 1 aromatic heterocycles. The molecule has 0 saturated heterocycles. The summed E-state index contributed by atoms with van der Waals surface area (Å²) in [6.45, 7) is 6.34. The van der Waals surface area contributed by atoms with Crippen LogP contribution in [0.5, 0.6) is 0 Å². The molecule has 16 heavy (non-hydrogen) atoms. The number of nitrogens with zero attached hydrogens (tertiary/aromatic N) is 2. The van der Waals surface area contributed by atoms with Crippen LogP contribution in [0.3, 0.4) is 0 Å². The largest absolute Gasteiger partial charge is 0.371 e. The van der Waals surface area contributed by atoms with E-state index in [9.17, 15) is 4.39 Å². The first-order chi connectivity index (χ1) is 7.77. The predicted molar refractivity (Wildman–Crippen MR) is 66.2 cm³/mol. The second-order valence-electron chi connectivity index (χ2n) is 4.03. The lowest BCUT2D eigenvalue weighted by molar-refractivity contribution is 0.581. The molecule has 0 fully saturated rings. The SMILES string of the molecule is CCCCN(CCCC)c1ccnc(F)c1. The highest BCUT2D eigenvalue weighted by molar-refractivity contribution is 5.44. The van der Waals surface area contributed by atoms with Gasteiger partial charge >= 0.3 is 0 Å². The van der Waals surface area contributed by atoms with Crippen molar-refractivity contribution in [2.75, 3.05) is 18.0 Å². The number of aromatic nitrogens is 1. The monoisotopic (exact) mass is 224 g/mol. The first-order valence-electron chi connectivity index (χ1n) is 6.14. The van der Waals surface area contributed by atoms with Gasteiger partial charge in [0.2, 0.25) is 5.95 Å². The van der Waals surface area contributed by atoms with Gasteiger partial charge in [0.15, 0.2) is 0 Å². The molecule has 0 N–H and O–H groups in total. The molecular formula is C13H21FN2. The maximum absolute atomic E-state index is 13.0. The van der Waals surface area contributed by atoms with E-state index < -0.39 is 5.95 Å². The number of hydrogen-bond acceptors (Lipinski definition) is 2. The van der Waals surface area contributed by atoms with Gasteiger partial charge in [0.05, 0.1) is 0 Å². The molecule has 2 nitrogen and oxygen atoms in total. The normalized spacial score (nSPS) is 10.4. The summed E-state index contributed by atoms with van der Waals surface area (Å²) in [5, 5.41) is 0. The van der Waals surface area contributed by atoms with Crippen molar-refractivity contribution in [1.82, 2.24) is 4.98 Å². The average Bonchev–Trinajstić information content (AvgIpc) is 2.29. The molecule has 0 atom stereocenters. The molecule has 1 heterocycles. The van der Waals surface area contributed by atoms with Crippen LogP contribution in [0.1, 0.15) is 39.5 Å². The molecule has 0 aliphatic rings. The number of halogens is 1. The number of pyridine rings is 1. The summed E-state index contributed by atoms with van der Waals surface area (Å²) < 4.78 is 13.0. The Hall–Kier alpha value is -1.12. The fourth-order valence-electron chi connectivity index (χ4n) is 1.66. The van der Waals surface area contributed by atoms with Crippen LogP contribution in [0.25, 0.3) is 0 Å². The minimum Gasteiger partial charge on any atom is -0.371 e. The Kier molecular flexibility index (Phi) is 5.83. The van der Waals surface area contributed by atoms with E-state index in [4.69, 9.17) is 0 Å². The Morgan fingerprint density at radius 2 is 1.81 bits per heavy atom. The highest BCUT2D eigenvalue weighted by Crippen LogP contribution is 2.15. The summed E-state index contributed by atoms with van der Waals surface area (Å²) in [6.07, 6.45) is 6.16. The third kappa shape index (κ3) is 4.17. The topological polar surface area (TPSA) is 16.1 Å². The average molecular weight is 224 g/mol. The lowest BCUT2D eigenvalue weighted by atomic mass is 10.2. The molecule has 0 saturated carbocycles. The molecule has 1 aromatic rings. The van der Waals surface area contributed by atoms with Crippen molar-refractivity contribution in [1.29, 1.82) is 0 Å². The highest BCUT2D eigenvalue weighted by Gasteiger charge is 2.06. The van der Waals surface area contributed by atoms with Gasteiger partial charge in [0.1, 0.15) is 0 Å². The molecular weight excluding hydrogens is 203 g/mol. The zero-order valence-electron chi connectivity index (χ0n) is 10.2. The van der Waals surface area contributed by atoms with Gasteiger partial charge in [0.25, 0.3) is 0 Å². The van der Waals surface area contributed by atoms with Gasteiger partial charge in [0, 0.05) is 31.0 Å². The van der Waals surface area contributed by atoms with Crippen LogP contribution in [0.4, 0.5) is 10.1 Å². The molecule has 0 aliphatic heterocycles. The van der Waals surface area contributed by atoms with Crippen molar-refractivity contribution >= 4 is 5.69 Å². The van der Waals surface area contributed by atoms with E-state index in [-0.39, 0.29) is 0 Å². The smallest absolute Gasteiger partial charge is 0.214 e. The second kappa shape index (κ2) is 7.20. The van der Waals surface area contributed by atoms with Crippen LogP contribution in [0.15, 0.2) is 18.3 Å². The van der Waals surface area contributed by atoms with E-state index in [1.807, 2.05) is 6.07 Å². The van der Waals surface area contributed by atoms with E-state index in [0.717, 1.165) is 44.5 Å². The summed E-state index contributed by atoms with van der Waals surface area (Å²) in [6, 6.07) is 3.40. The maximum Gasteiger partial charge on any atom is 0.214 e. The summed E-state index contributed by atoms with van der Waals surface area (Å²) in [7, 11) is 0. The Balaban J connectivity index is 2.66. The van der Waals surface area contributed by atoms with E-state index in [1.54, 1.807) is 0 Å². The molecule has 0 radical (unpaired) electrons. The fourth-order valence-corrected chi connectivity index (χ4v) is 1.66. The van der Waals surface area contributed by atoms with Gasteiger partial charge in [-0.1, -0.05) is 26.7 Å². The zero-order chi connectivity index (χ0) is 11.8. The van der Waals surface area contributed by atoms with Crippen LogP contribution < -0.4 is 4.90 Å². The maximum atomic E-state index is 13.0. The summed E-state index contributed by atoms with van der Waals surface area (Å²) >= 11 is 0. The van der Waals surface area contributed by atoms with Crippen LogP contribution in [-0.2, 0) is 0 Å². The number of unbranched alkanes of at least 4 members (excludes halogenated alkanes) is 2. The molecule has 0 amide bonds. The van der Waals surface area contributed by atoms with Gasteiger partial charge in [-0.25, -0.2) is 4.98 Å². The van der Waals surface area contributed by atoms with Gasteiger partial charge in [-0.05, 0) is 18.9 Å². The number of hydrogen-bond donors (Lipinski definition) is 0. The molecule has 0 unspecified atom stereocenters. The third-order valence-electron chi connectivity index (χ3n) is 2.64. The highest BCUT2D eigenvalue weighted by atomic mass is 19.1. The molecule has 3 heteroatoms. The van der Waals surface area contributed by atoms with Crippen LogP contribution in [-0.4, -0.2) is 18.1 Å². The van der Waals surface area contributed by atoms with Crippen molar-refractivity contribution in [2.24, 2.45) is 0 Å². The van der Waals surface area contributed by atoms with E-state index >= 15 is 0 Å². The van der Waals surface area contributed by atoms with Crippen molar-refractivity contribution in [3.8, 4) is 0 Å². The van der Waals surface area contributed by atoms with E-state index in [2.05, 4.69) is 23.7 Å². The standard InChI is InChI=1S/C13H21FN2/c1-3-5-9-16(10-6-4-2)12-7-8-15-13(14)11-12/h7-8,11H,3-6,9-10H2,1-2H3. The molecule has 1 rings (SSSR count). The van der Waals surface area contributed by atoms with Crippen LogP contribution in [0.2, 0.25) is 0 Å². The molecule has 0 aliphatic carbocycles. The van der Waals surface area contributed by atoms with Crippen molar-refractivity contribution in [3.05, 3.63) is 24.3 Å². The minimum atomic E-state index is -0.393. The van der Waals surface area contributed by atoms with Gasteiger partial charge in [-0.2, -0.15) is 4.39 Å². The quantitative estimate of drug-likeness (QED) is 0.657. The van der Waals surface area contributed by atoms with Gasteiger partial charge in [-0.3, -0.25) is 0 Å². The van der Waals surface area contributed by atoms with E-state index in [0.29, 0.717) is 0 Å². The summed E-state index contributed by atoms with van der Waals surface area (Å²) in [5.41, 5.74) is 0.953. The number of rotatable bonds is 7. The lowest BCUT2D eigenvalue weighted by Gasteiger charge is -2.24. The Morgan fingerprint density at radius 1 is 1.19 bits per heavy atom. The molecule has 90 valence electrons. The first kappa shape index (κ1) is 12.9. The Bertz CT molecular complexity index is 294. The van der Waals surface area contributed by atoms with Gasteiger partial charge in [-0.15, -0.1) is 0 Å². The van der Waals surface area contributed by atoms with Gasteiger partial charge < -0.3 is 4.90 Å². The van der Waals surface area contributed by atoms with E-state index in [1.165, 1.54) is 12.3 Å². The minimum absolute atomic E-state index is 0.393. The Morgan fingerprint density at radius 3 is 2.31 bits per heavy atom. The predicted octanol–water partition coefficient (Wildman–Crippen LogP) is 3.63. The zero-order valence-corrected chi connectivity index (χ0v) is 10.2. The lowest BCUT2D eigenvalue weighted by Crippen LogP contribution is -2.25. The van der Waals surface area contributed by atoms with Crippen molar-refractivity contribution in [3.63, 3.8) is 0 Å². The molecule has 0 aromatic carbocycles. The summed E-state index contributed by atoms with van der Waals surface area (Å²) in [5.74, 6) is -0.393. The van der Waals surface area contributed by atoms with Crippen molar-refractivity contribution in [2.45, 2.75) is 39.5 Å². The first-order valence-corrected chi connectivity index (χ1v) is 6.14. The number of anilines is 1.